The molecule has 4 amide bonds. The molecule has 0 aromatic heterocycles. The topological polar surface area (TPSA) is 105 Å². The first-order valence-electron chi connectivity index (χ1n) is 8.48. The van der Waals surface area contributed by atoms with E-state index in [1.807, 2.05) is 0 Å². The lowest BCUT2D eigenvalue weighted by molar-refractivity contribution is -0.155. The maximum Gasteiger partial charge on any atom is 0.327 e. The van der Waals surface area contributed by atoms with Crippen molar-refractivity contribution in [2.75, 3.05) is 11.9 Å². The third kappa shape index (κ3) is 4.39. The summed E-state index contributed by atoms with van der Waals surface area (Å²) in [6.07, 6.45) is -0.727. The number of halogens is 1. The largest absolute Gasteiger partial charge is 0.451 e. The number of carbonyl (C=O) groups is 4. The normalized spacial score (nSPS) is 20.3. The van der Waals surface area contributed by atoms with Crippen molar-refractivity contribution >= 4 is 41.1 Å². The lowest BCUT2D eigenvalue weighted by Gasteiger charge is -2.19. The van der Waals surface area contributed by atoms with E-state index in [4.69, 9.17) is 16.3 Å². The van der Waals surface area contributed by atoms with Gasteiger partial charge in [-0.3, -0.25) is 19.3 Å². The van der Waals surface area contributed by atoms with Crippen LogP contribution in [0.15, 0.2) is 18.2 Å². The minimum atomic E-state index is -1.12. The van der Waals surface area contributed by atoms with Crippen molar-refractivity contribution in [2.45, 2.75) is 45.8 Å². The minimum Gasteiger partial charge on any atom is -0.451 e. The van der Waals surface area contributed by atoms with Crippen LogP contribution in [0.5, 0.6) is 0 Å². The molecule has 2 rings (SSSR count). The van der Waals surface area contributed by atoms with Crippen LogP contribution in [0.4, 0.5) is 10.5 Å². The van der Waals surface area contributed by atoms with Gasteiger partial charge in [0.15, 0.2) is 6.10 Å². The number of benzene rings is 1. The molecule has 2 N–H and O–H groups in total. The summed E-state index contributed by atoms with van der Waals surface area (Å²) < 4.78 is 5.06. The first kappa shape index (κ1) is 20.7. The molecule has 0 saturated carbocycles. The lowest BCUT2D eigenvalue weighted by Crippen LogP contribution is -2.44. The first-order valence-corrected chi connectivity index (χ1v) is 8.86. The predicted molar refractivity (Wildman–Crippen MR) is 99.3 cm³/mol. The molecule has 2 atom stereocenters. The Kier molecular flexibility index (Phi) is 6.10. The van der Waals surface area contributed by atoms with E-state index in [-0.39, 0.29) is 0 Å². The van der Waals surface area contributed by atoms with E-state index >= 15 is 0 Å². The number of nitrogens with one attached hydrogen (secondary N) is 2. The molecule has 1 aromatic rings. The van der Waals surface area contributed by atoms with Crippen molar-refractivity contribution in [2.24, 2.45) is 0 Å². The number of esters is 1. The second-order valence-corrected chi connectivity index (χ2v) is 6.95. The maximum absolute atomic E-state index is 12.3. The summed E-state index contributed by atoms with van der Waals surface area (Å²) in [6.45, 7) is 5.92. The van der Waals surface area contributed by atoms with Crippen molar-refractivity contribution in [3.05, 3.63) is 28.8 Å². The number of ether oxygens (including phenoxy) is 1. The fourth-order valence-electron chi connectivity index (χ4n) is 2.52. The van der Waals surface area contributed by atoms with Gasteiger partial charge in [0.25, 0.3) is 11.8 Å². The van der Waals surface area contributed by atoms with Crippen LogP contribution in [0.1, 0.15) is 32.8 Å². The number of nitrogens with zero attached hydrogens (tertiary/aromatic N) is 1. The highest BCUT2D eigenvalue weighted by Gasteiger charge is 2.47. The molecule has 1 aliphatic rings. The van der Waals surface area contributed by atoms with E-state index in [2.05, 4.69) is 10.6 Å². The number of anilines is 1. The Bertz CT molecular complexity index is 797. The van der Waals surface area contributed by atoms with Crippen molar-refractivity contribution < 1.29 is 23.9 Å². The molecule has 9 heteroatoms. The summed E-state index contributed by atoms with van der Waals surface area (Å²) in [5.41, 5.74) is 0.150. The van der Waals surface area contributed by atoms with E-state index in [0.717, 1.165) is 4.90 Å². The van der Waals surface area contributed by atoms with Crippen LogP contribution in [0.3, 0.4) is 0 Å². The van der Waals surface area contributed by atoms with Gasteiger partial charge in [-0.2, -0.15) is 0 Å². The van der Waals surface area contributed by atoms with Gasteiger partial charge in [-0.1, -0.05) is 24.6 Å². The Morgan fingerprint density at radius 3 is 2.63 bits per heavy atom. The van der Waals surface area contributed by atoms with Crippen LogP contribution in [0.2, 0.25) is 5.02 Å². The molecule has 1 fully saturated rings. The van der Waals surface area contributed by atoms with Crippen molar-refractivity contribution in [1.29, 1.82) is 0 Å². The quantitative estimate of drug-likeness (QED) is 0.567. The number of imide groups is 1. The molecular formula is C18H22ClN3O5. The second kappa shape index (κ2) is 7.96. The highest BCUT2D eigenvalue weighted by Crippen LogP contribution is 2.23. The van der Waals surface area contributed by atoms with Gasteiger partial charge in [0.05, 0.1) is 0 Å². The lowest BCUT2D eigenvalue weighted by atomic mass is 9.99. The highest BCUT2D eigenvalue weighted by atomic mass is 35.5. The zero-order valence-electron chi connectivity index (χ0n) is 15.6. The first-order chi connectivity index (χ1) is 12.6. The summed E-state index contributed by atoms with van der Waals surface area (Å²) >= 11 is 6.01. The van der Waals surface area contributed by atoms with Crippen LogP contribution < -0.4 is 10.6 Å². The Hall–Kier alpha value is -2.61. The number of carbonyl (C=O) groups excluding carboxylic acids is 4. The fraction of sp³-hybridized carbons (Fsp3) is 0.444. The highest BCUT2D eigenvalue weighted by molar-refractivity contribution is 6.31. The van der Waals surface area contributed by atoms with Crippen LogP contribution >= 0.6 is 11.6 Å². The molecule has 1 heterocycles. The Morgan fingerprint density at radius 1 is 1.37 bits per heavy atom. The molecular weight excluding hydrogens is 374 g/mol. The van der Waals surface area contributed by atoms with Gasteiger partial charge in [-0.15, -0.1) is 0 Å². The molecule has 1 aromatic carbocycles. The summed E-state index contributed by atoms with van der Waals surface area (Å²) in [5.74, 6) is -1.91. The average Bonchev–Trinajstić information content (AvgIpc) is 2.82. The Morgan fingerprint density at radius 2 is 2.04 bits per heavy atom. The number of amides is 4. The molecule has 27 heavy (non-hydrogen) atoms. The molecule has 0 spiro atoms. The molecule has 1 aliphatic heterocycles. The second-order valence-electron chi connectivity index (χ2n) is 6.54. The zero-order valence-corrected chi connectivity index (χ0v) is 16.3. The van der Waals surface area contributed by atoms with Crippen LogP contribution in [0, 0.1) is 6.92 Å². The van der Waals surface area contributed by atoms with E-state index in [9.17, 15) is 19.2 Å². The van der Waals surface area contributed by atoms with Gasteiger partial charge in [-0.05, 0) is 44.9 Å². The van der Waals surface area contributed by atoms with E-state index in [1.165, 1.54) is 6.92 Å². The summed E-state index contributed by atoms with van der Waals surface area (Å²) in [5, 5.41) is 5.67. The summed E-state index contributed by atoms with van der Waals surface area (Å²) in [4.78, 5) is 49.3. The smallest absolute Gasteiger partial charge is 0.327 e. The summed E-state index contributed by atoms with van der Waals surface area (Å²) in [7, 11) is 0. The molecule has 0 radical (unpaired) electrons. The van der Waals surface area contributed by atoms with Gasteiger partial charge >= 0.3 is 12.0 Å². The van der Waals surface area contributed by atoms with E-state index in [1.54, 1.807) is 39.0 Å². The van der Waals surface area contributed by atoms with Crippen LogP contribution in [-0.4, -0.2) is 46.9 Å². The van der Waals surface area contributed by atoms with Gasteiger partial charge in [0.1, 0.15) is 12.1 Å². The third-order valence-corrected chi connectivity index (χ3v) is 4.95. The third-order valence-electron chi connectivity index (χ3n) is 4.54. The van der Waals surface area contributed by atoms with E-state index < -0.39 is 42.0 Å². The molecule has 1 saturated heterocycles. The number of rotatable bonds is 6. The molecule has 0 bridgehead atoms. The SMILES string of the molecule is CC[C@@]1(C)NC(=O)N(CC(=O)O[C@H](C)C(=O)Nc2cccc(Cl)c2C)C1=O. The van der Waals surface area contributed by atoms with Crippen LogP contribution in [0.25, 0.3) is 0 Å². The standard InChI is InChI=1S/C18H22ClN3O5/c1-5-18(4)16(25)22(17(26)21-18)9-14(23)27-11(3)15(24)20-13-8-6-7-12(19)10(13)2/h6-8,11H,5,9H2,1-4H3,(H,20,24)(H,21,26)/t11-,18-/m1/s1. The average molecular weight is 396 g/mol. The predicted octanol–water partition coefficient (Wildman–Crippen LogP) is 2.24. The monoisotopic (exact) mass is 395 g/mol. The Balaban J connectivity index is 1.95. The number of hydrogen-bond donors (Lipinski definition) is 2. The molecule has 146 valence electrons. The number of hydrogen-bond acceptors (Lipinski definition) is 5. The van der Waals surface area contributed by atoms with Gasteiger partial charge in [-0.25, -0.2) is 4.79 Å². The molecule has 0 aliphatic carbocycles. The Labute approximate surface area is 162 Å². The van der Waals surface area contributed by atoms with E-state index in [0.29, 0.717) is 22.7 Å². The van der Waals surface area contributed by atoms with Gasteiger partial charge in [0.2, 0.25) is 0 Å². The number of urea groups is 1. The maximum atomic E-state index is 12.3. The van der Waals surface area contributed by atoms with Gasteiger partial charge in [0, 0.05) is 10.7 Å². The van der Waals surface area contributed by atoms with Crippen molar-refractivity contribution in [1.82, 2.24) is 10.2 Å². The minimum absolute atomic E-state index is 0.390. The zero-order chi connectivity index (χ0) is 20.4. The fourth-order valence-corrected chi connectivity index (χ4v) is 2.70. The van der Waals surface area contributed by atoms with Gasteiger partial charge < -0.3 is 15.4 Å². The molecule has 0 unspecified atom stereocenters. The summed E-state index contributed by atoms with van der Waals surface area (Å²) in [6, 6.07) is 4.39. The van der Waals surface area contributed by atoms with Crippen LogP contribution in [-0.2, 0) is 19.1 Å². The van der Waals surface area contributed by atoms with Crippen molar-refractivity contribution in [3.63, 3.8) is 0 Å². The molecule has 8 nitrogen and oxygen atoms in total. The van der Waals surface area contributed by atoms with Crippen molar-refractivity contribution in [3.8, 4) is 0 Å².